The normalized spacial score (nSPS) is 24.2. The summed E-state index contributed by atoms with van der Waals surface area (Å²) < 4.78 is 16.3. The van der Waals surface area contributed by atoms with Gasteiger partial charge in [0.15, 0.2) is 0 Å². The fourth-order valence-corrected chi connectivity index (χ4v) is 2.54. The molecule has 1 aliphatic rings. The van der Waals surface area contributed by atoms with Crippen molar-refractivity contribution in [2.45, 2.75) is 38.5 Å². The van der Waals surface area contributed by atoms with E-state index in [1.165, 1.54) is 0 Å². The first-order valence-electron chi connectivity index (χ1n) is 6.75. The summed E-state index contributed by atoms with van der Waals surface area (Å²) in [7, 11) is 3.37. The zero-order valence-corrected chi connectivity index (χ0v) is 12.1. The van der Waals surface area contributed by atoms with E-state index in [0.29, 0.717) is 6.04 Å². The minimum Gasteiger partial charge on any atom is -0.497 e. The maximum absolute atomic E-state index is 5.59. The lowest BCUT2D eigenvalue weighted by Gasteiger charge is -2.23. The topological polar surface area (TPSA) is 39.7 Å². The number of ether oxygens (including phenoxy) is 3. The predicted octanol–water partition coefficient (Wildman–Crippen LogP) is 2.53. The third kappa shape index (κ3) is 3.19. The van der Waals surface area contributed by atoms with Crippen molar-refractivity contribution in [3.63, 3.8) is 0 Å². The average Bonchev–Trinajstić information content (AvgIpc) is 2.83. The Bertz CT molecular complexity index is 422. The highest BCUT2D eigenvalue weighted by Crippen LogP contribution is 2.30. The summed E-state index contributed by atoms with van der Waals surface area (Å²) in [6.07, 6.45) is 1.32. The molecule has 19 heavy (non-hydrogen) atoms. The summed E-state index contributed by atoms with van der Waals surface area (Å²) in [6.45, 7) is 5.09. The van der Waals surface area contributed by atoms with Crippen LogP contribution in [0.15, 0.2) is 18.2 Å². The van der Waals surface area contributed by atoms with E-state index in [1.807, 2.05) is 18.2 Å². The van der Waals surface area contributed by atoms with Gasteiger partial charge in [0.25, 0.3) is 0 Å². The SMILES string of the molecule is COc1ccc(OC)c(C(C)NC2CCOC2C)c1. The first-order chi connectivity index (χ1) is 9.15. The van der Waals surface area contributed by atoms with Gasteiger partial charge in [0, 0.05) is 24.3 Å². The van der Waals surface area contributed by atoms with E-state index in [1.54, 1.807) is 14.2 Å². The van der Waals surface area contributed by atoms with Crippen molar-refractivity contribution in [3.05, 3.63) is 23.8 Å². The van der Waals surface area contributed by atoms with E-state index >= 15 is 0 Å². The maximum Gasteiger partial charge on any atom is 0.123 e. The van der Waals surface area contributed by atoms with E-state index in [9.17, 15) is 0 Å². The quantitative estimate of drug-likeness (QED) is 0.888. The molecule has 1 aromatic rings. The zero-order chi connectivity index (χ0) is 13.8. The Kier molecular flexibility index (Phi) is 4.66. The summed E-state index contributed by atoms with van der Waals surface area (Å²) in [5.41, 5.74) is 1.11. The van der Waals surface area contributed by atoms with Crippen LogP contribution in [-0.2, 0) is 4.74 Å². The Morgan fingerprint density at radius 1 is 1.32 bits per heavy atom. The molecule has 106 valence electrons. The summed E-state index contributed by atoms with van der Waals surface area (Å²) in [5, 5.41) is 3.61. The van der Waals surface area contributed by atoms with Crippen LogP contribution in [-0.4, -0.2) is 33.0 Å². The van der Waals surface area contributed by atoms with Gasteiger partial charge >= 0.3 is 0 Å². The van der Waals surface area contributed by atoms with Crippen LogP contribution in [0.1, 0.15) is 31.9 Å². The molecule has 0 amide bonds. The maximum atomic E-state index is 5.59. The first kappa shape index (κ1) is 14.2. The molecule has 0 spiro atoms. The molecular formula is C15H23NO3. The minimum absolute atomic E-state index is 0.194. The Balaban J connectivity index is 2.14. The second kappa shape index (κ2) is 6.26. The molecule has 0 saturated carbocycles. The molecule has 0 radical (unpaired) electrons. The summed E-state index contributed by atoms with van der Waals surface area (Å²) in [6, 6.07) is 6.47. The number of benzene rings is 1. The lowest BCUT2D eigenvalue weighted by Crippen LogP contribution is -2.36. The Morgan fingerprint density at radius 2 is 2.11 bits per heavy atom. The molecule has 0 bridgehead atoms. The number of nitrogens with one attached hydrogen (secondary N) is 1. The molecule has 1 N–H and O–H groups in total. The summed E-state index contributed by atoms with van der Waals surface area (Å²) >= 11 is 0. The predicted molar refractivity (Wildman–Crippen MR) is 74.9 cm³/mol. The van der Waals surface area contributed by atoms with Gasteiger partial charge in [-0.15, -0.1) is 0 Å². The smallest absolute Gasteiger partial charge is 0.123 e. The van der Waals surface area contributed by atoms with E-state index in [4.69, 9.17) is 14.2 Å². The molecule has 0 aromatic heterocycles. The van der Waals surface area contributed by atoms with Gasteiger partial charge in [-0.25, -0.2) is 0 Å². The minimum atomic E-state index is 0.194. The molecule has 3 unspecified atom stereocenters. The number of methoxy groups -OCH3 is 2. The van der Waals surface area contributed by atoms with Gasteiger partial charge < -0.3 is 19.5 Å². The van der Waals surface area contributed by atoms with Gasteiger partial charge in [-0.05, 0) is 38.5 Å². The highest BCUT2D eigenvalue weighted by Gasteiger charge is 2.26. The zero-order valence-electron chi connectivity index (χ0n) is 12.1. The Hall–Kier alpha value is -1.26. The van der Waals surface area contributed by atoms with Crippen LogP contribution in [0.4, 0.5) is 0 Å². The van der Waals surface area contributed by atoms with Gasteiger partial charge in [0.1, 0.15) is 11.5 Å². The van der Waals surface area contributed by atoms with E-state index in [2.05, 4.69) is 19.2 Å². The molecular weight excluding hydrogens is 242 g/mol. The van der Waals surface area contributed by atoms with Crippen molar-refractivity contribution >= 4 is 0 Å². The van der Waals surface area contributed by atoms with Gasteiger partial charge in [-0.1, -0.05) is 0 Å². The van der Waals surface area contributed by atoms with Crippen LogP contribution in [0.3, 0.4) is 0 Å². The lowest BCUT2D eigenvalue weighted by atomic mass is 10.0. The van der Waals surface area contributed by atoms with Crippen LogP contribution in [0, 0.1) is 0 Å². The van der Waals surface area contributed by atoms with Crippen LogP contribution >= 0.6 is 0 Å². The van der Waals surface area contributed by atoms with Crippen molar-refractivity contribution in [3.8, 4) is 11.5 Å². The van der Waals surface area contributed by atoms with Crippen molar-refractivity contribution in [2.24, 2.45) is 0 Å². The third-order valence-corrected chi connectivity index (χ3v) is 3.74. The second-order valence-electron chi connectivity index (χ2n) is 4.97. The molecule has 4 heteroatoms. The molecule has 1 aliphatic heterocycles. The third-order valence-electron chi connectivity index (χ3n) is 3.74. The van der Waals surface area contributed by atoms with Crippen molar-refractivity contribution in [1.29, 1.82) is 0 Å². The second-order valence-corrected chi connectivity index (χ2v) is 4.97. The Labute approximate surface area is 115 Å². The highest BCUT2D eigenvalue weighted by atomic mass is 16.5. The van der Waals surface area contributed by atoms with Crippen LogP contribution < -0.4 is 14.8 Å². The van der Waals surface area contributed by atoms with Gasteiger partial charge in [-0.3, -0.25) is 0 Å². The number of hydrogen-bond acceptors (Lipinski definition) is 4. The molecule has 2 rings (SSSR count). The fraction of sp³-hybridized carbons (Fsp3) is 0.600. The molecule has 1 heterocycles. The van der Waals surface area contributed by atoms with E-state index in [-0.39, 0.29) is 12.1 Å². The molecule has 4 nitrogen and oxygen atoms in total. The van der Waals surface area contributed by atoms with Crippen molar-refractivity contribution < 1.29 is 14.2 Å². The largest absolute Gasteiger partial charge is 0.497 e. The molecule has 1 fully saturated rings. The Morgan fingerprint density at radius 3 is 2.68 bits per heavy atom. The fourth-order valence-electron chi connectivity index (χ4n) is 2.54. The number of rotatable bonds is 5. The van der Waals surface area contributed by atoms with Gasteiger partial charge in [0.2, 0.25) is 0 Å². The lowest BCUT2D eigenvalue weighted by molar-refractivity contribution is 0.111. The van der Waals surface area contributed by atoms with Crippen molar-refractivity contribution in [1.82, 2.24) is 5.32 Å². The molecule has 1 aromatic carbocycles. The molecule has 3 atom stereocenters. The van der Waals surface area contributed by atoms with Crippen LogP contribution in [0.2, 0.25) is 0 Å². The van der Waals surface area contributed by atoms with Gasteiger partial charge in [0.05, 0.1) is 20.3 Å². The molecule has 0 aliphatic carbocycles. The monoisotopic (exact) mass is 265 g/mol. The summed E-state index contributed by atoms with van der Waals surface area (Å²) in [4.78, 5) is 0. The van der Waals surface area contributed by atoms with E-state index < -0.39 is 0 Å². The van der Waals surface area contributed by atoms with Gasteiger partial charge in [-0.2, -0.15) is 0 Å². The molecule has 1 saturated heterocycles. The first-order valence-corrected chi connectivity index (χ1v) is 6.75. The van der Waals surface area contributed by atoms with Crippen LogP contribution in [0.5, 0.6) is 11.5 Å². The van der Waals surface area contributed by atoms with E-state index in [0.717, 1.165) is 30.1 Å². The van der Waals surface area contributed by atoms with Crippen LogP contribution in [0.25, 0.3) is 0 Å². The van der Waals surface area contributed by atoms with Crippen molar-refractivity contribution in [2.75, 3.05) is 20.8 Å². The average molecular weight is 265 g/mol. The highest BCUT2D eigenvalue weighted by molar-refractivity contribution is 5.42. The standard InChI is InChI=1S/C15H23NO3/c1-10(16-14-7-8-19-11(14)2)13-9-12(17-3)5-6-15(13)18-4/h5-6,9-11,14,16H,7-8H2,1-4H3. The summed E-state index contributed by atoms with van der Waals surface area (Å²) in [5.74, 6) is 1.73. The number of hydrogen-bond donors (Lipinski definition) is 1.